The molecule has 0 aromatic carbocycles. The smallest absolute Gasteiger partial charge is 0.152 e. The van der Waals surface area contributed by atoms with Crippen LogP contribution in [0.1, 0.15) is 13.3 Å². The summed E-state index contributed by atoms with van der Waals surface area (Å²) in [4.78, 5) is 0. The summed E-state index contributed by atoms with van der Waals surface area (Å²) in [6.07, 6.45) is 0.846. The highest BCUT2D eigenvalue weighted by Crippen LogP contribution is 2.16. The van der Waals surface area contributed by atoms with E-state index in [1.54, 1.807) is 0 Å². The SMILES string of the molecule is CC1CC(N)CS(=O)(=O)C1. The molecular formula is C6H13NO2S. The molecule has 0 spiro atoms. The molecule has 1 saturated heterocycles. The summed E-state index contributed by atoms with van der Waals surface area (Å²) >= 11 is 0. The van der Waals surface area contributed by atoms with Crippen molar-refractivity contribution in [3.05, 3.63) is 0 Å². The first-order chi connectivity index (χ1) is 4.49. The van der Waals surface area contributed by atoms with Crippen LogP contribution in [0.5, 0.6) is 0 Å². The zero-order valence-corrected chi connectivity index (χ0v) is 6.89. The molecule has 0 bridgehead atoms. The molecular weight excluding hydrogens is 150 g/mol. The van der Waals surface area contributed by atoms with Crippen molar-refractivity contribution in [3.63, 3.8) is 0 Å². The Hall–Kier alpha value is -0.0900. The zero-order valence-electron chi connectivity index (χ0n) is 6.08. The van der Waals surface area contributed by atoms with Gasteiger partial charge in [0.05, 0.1) is 11.5 Å². The monoisotopic (exact) mass is 163 g/mol. The Morgan fingerprint density at radius 3 is 2.40 bits per heavy atom. The molecule has 0 saturated carbocycles. The van der Waals surface area contributed by atoms with Gasteiger partial charge in [0.15, 0.2) is 9.84 Å². The van der Waals surface area contributed by atoms with Crippen molar-refractivity contribution in [3.8, 4) is 0 Å². The molecule has 0 aliphatic carbocycles. The van der Waals surface area contributed by atoms with Gasteiger partial charge in [-0.2, -0.15) is 0 Å². The molecule has 0 amide bonds. The van der Waals surface area contributed by atoms with Gasteiger partial charge in [-0.15, -0.1) is 0 Å². The highest BCUT2D eigenvalue weighted by Gasteiger charge is 2.26. The van der Waals surface area contributed by atoms with Crippen molar-refractivity contribution < 1.29 is 8.42 Å². The maximum absolute atomic E-state index is 11.0. The van der Waals surface area contributed by atoms with Crippen LogP contribution in [0, 0.1) is 5.92 Å². The summed E-state index contributed by atoms with van der Waals surface area (Å²) < 4.78 is 22.0. The molecule has 1 aliphatic heterocycles. The molecule has 0 aromatic rings. The van der Waals surface area contributed by atoms with Crippen molar-refractivity contribution >= 4 is 9.84 Å². The van der Waals surface area contributed by atoms with E-state index >= 15 is 0 Å². The molecule has 0 aromatic heterocycles. The van der Waals surface area contributed by atoms with E-state index in [2.05, 4.69) is 0 Å². The van der Waals surface area contributed by atoms with Crippen LogP contribution in [0.3, 0.4) is 0 Å². The van der Waals surface area contributed by atoms with E-state index in [9.17, 15) is 8.42 Å². The molecule has 0 radical (unpaired) electrons. The number of nitrogens with two attached hydrogens (primary N) is 1. The lowest BCUT2D eigenvalue weighted by Gasteiger charge is -2.23. The first-order valence-corrected chi connectivity index (χ1v) is 5.28. The maximum atomic E-state index is 11.0. The predicted molar refractivity (Wildman–Crippen MR) is 40.4 cm³/mol. The van der Waals surface area contributed by atoms with Crippen molar-refractivity contribution in [1.29, 1.82) is 0 Å². The third-order valence-electron chi connectivity index (χ3n) is 1.71. The Labute approximate surface area is 61.5 Å². The largest absolute Gasteiger partial charge is 0.327 e. The molecule has 10 heavy (non-hydrogen) atoms. The van der Waals surface area contributed by atoms with E-state index in [0.29, 0.717) is 5.75 Å². The van der Waals surface area contributed by atoms with Crippen LogP contribution in [0.25, 0.3) is 0 Å². The standard InChI is InChI=1S/C6H13NO2S/c1-5-2-6(7)4-10(8,9)3-5/h5-6H,2-4,7H2,1H3. The van der Waals surface area contributed by atoms with Gasteiger partial charge in [-0.3, -0.25) is 0 Å². The second kappa shape index (κ2) is 2.51. The minimum atomic E-state index is -2.81. The van der Waals surface area contributed by atoms with E-state index in [0.717, 1.165) is 6.42 Å². The summed E-state index contributed by atoms with van der Waals surface area (Å²) in [6, 6.07) is -0.131. The summed E-state index contributed by atoms with van der Waals surface area (Å²) in [5, 5.41) is 0. The van der Waals surface area contributed by atoms with Crippen molar-refractivity contribution in [1.82, 2.24) is 0 Å². The quantitative estimate of drug-likeness (QED) is 0.536. The molecule has 2 N–H and O–H groups in total. The van der Waals surface area contributed by atoms with Gasteiger partial charge >= 0.3 is 0 Å². The van der Waals surface area contributed by atoms with Gasteiger partial charge in [0, 0.05) is 6.04 Å². The minimum absolute atomic E-state index is 0.131. The Balaban J connectivity index is 2.69. The number of sulfone groups is 1. The Morgan fingerprint density at radius 2 is 2.00 bits per heavy atom. The van der Waals surface area contributed by atoms with E-state index in [1.165, 1.54) is 0 Å². The number of hydrogen-bond acceptors (Lipinski definition) is 3. The van der Waals surface area contributed by atoms with Crippen LogP contribution < -0.4 is 5.73 Å². The Bertz CT molecular complexity index is 194. The van der Waals surface area contributed by atoms with Crippen molar-refractivity contribution in [2.24, 2.45) is 11.7 Å². The summed E-state index contributed by atoms with van der Waals surface area (Å²) in [6.45, 7) is 1.93. The normalized spacial score (nSPS) is 39.4. The second-order valence-electron chi connectivity index (χ2n) is 3.18. The van der Waals surface area contributed by atoms with Gasteiger partial charge in [0.1, 0.15) is 0 Å². The number of hydrogen-bond donors (Lipinski definition) is 1. The van der Waals surface area contributed by atoms with Crippen LogP contribution >= 0.6 is 0 Å². The van der Waals surface area contributed by atoms with E-state index in [-0.39, 0.29) is 17.7 Å². The Kier molecular flexibility index (Phi) is 2.01. The van der Waals surface area contributed by atoms with Gasteiger partial charge in [0.25, 0.3) is 0 Å². The maximum Gasteiger partial charge on any atom is 0.152 e. The summed E-state index contributed by atoms with van der Waals surface area (Å²) in [5.74, 6) is 0.742. The molecule has 1 fully saturated rings. The van der Waals surface area contributed by atoms with Gasteiger partial charge in [0.2, 0.25) is 0 Å². The van der Waals surface area contributed by atoms with Crippen LogP contribution in [-0.4, -0.2) is 26.0 Å². The van der Waals surface area contributed by atoms with Crippen LogP contribution in [0.4, 0.5) is 0 Å². The van der Waals surface area contributed by atoms with E-state index in [4.69, 9.17) is 5.73 Å². The first kappa shape index (κ1) is 8.01. The molecule has 60 valence electrons. The number of rotatable bonds is 0. The minimum Gasteiger partial charge on any atom is -0.327 e. The van der Waals surface area contributed by atoms with Gasteiger partial charge in [-0.25, -0.2) is 8.42 Å². The molecule has 1 aliphatic rings. The lowest BCUT2D eigenvalue weighted by Crippen LogP contribution is -2.39. The molecule has 1 heterocycles. The average Bonchev–Trinajstić information content (AvgIpc) is 1.54. The van der Waals surface area contributed by atoms with Gasteiger partial charge in [-0.05, 0) is 12.3 Å². The summed E-state index contributed by atoms with van der Waals surface area (Å²) in [7, 11) is -2.81. The van der Waals surface area contributed by atoms with Crippen molar-refractivity contribution in [2.45, 2.75) is 19.4 Å². The second-order valence-corrected chi connectivity index (χ2v) is 5.33. The highest BCUT2D eigenvalue weighted by molar-refractivity contribution is 7.91. The first-order valence-electron chi connectivity index (χ1n) is 3.45. The molecule has 4 heteroatoms. The highest BCUT2D eigenvalue weighted by atomic mass is 32.2. The topological polar surface area (TPSA) is 60.2 Å². The lowest BCUT2D eigenvalue weighted by molar-refractivity contribution is 0.477. The predicted octanol–water partition coefficient (Wildman–Crippen LogP) is -0.232. The third kappa shape index (κ3) is 1.95. The van der Waals surface area contributed by atoms with Gasteiger partial charge < -0.3 is 5.73 Å². The molecule has 3 nitrogen and oxygen atoms in total. The Morgan fingerprint density at radius 1 is 1.40 bits per heavy atom. The van der Waals surface area contributed by atoms with E-state index in [1.807, 2.05) is 6.92 Å². The van der Waals surface area contributed by atoms with Crippen LogP contribution in [-0.2, 0) is 9.84 Å². The fourth-order valence-electron chi connectivity index (χ4n) is 1.48. The third-order valence-corrected chi connectivity index (χ3v) is 3.72. The fraction of sp³-hybridized carbons (Fsp3) is 1.00. The van der Waals surface area contributed by atoms with Crippen molar-refractivity contribution in [2.75, 3.05) is 11.5 Å². The molecule has 2 atom stereocenters. The van der Waals surface area contributed by atoms with Crippen LogP contribution in [0.2, 0.25) is 0 Å². The fourth-order valence-corrected chi connectivity index (χ4v) is 3.41. The average molecular weight is 163 g/mol. The van der Waals surface area contributed by atoms with E-state index < -0.39 is 9.84 Å². The molecule has 2 unspecified atom stereocenters. The van der Waals surface area contributed by atoms with Crippen LogP contribution in [0.15, 0.2) is 0 Å². The summed E-state index contributed by atoms with van der Waals surface area (Å²) in [5.41, 5.74) is 5.52. The zero-order chi connectivity index (χ0) is 7.78. The van der Waals surface area contributed by atoms with Gasteiger partial charge in [-0.1, -0.05) is 6.92 Å². The lowest BCUT2D eigenvalue weighted by atomic mass is 10.1. The molecule has 1 rings (SSSR count).